The molecule has 0 atom stereocenters. The van der Waals surface area contributed by atoms with E-state index in [1.807, 2.05) is 6.04 Å². The van der Waals surface area contributed by atoms with Gasteiger partial charge in [0.1, 0.15) is 6.42 Å². The van der Waals surface area contributed by atoms with E-state index in [1.165, 1.54) is 0 Å². The molecule has 0 fully saturated rings. The fourth-order valence-corrected chi connectivity index (χ4v) is 0.381. The number of carboxylic acids is 1. The van der Waals surface area contributed by atoms with Crippen molar-refractivity contribution in [3.05, 3.63) is 0 Å². The number of nitrogens with one attached hydrogen (secondary N) is 1. The molecule has 0 radical (unpaired) electrons. The smallest absolute Gasteiger partial charge is 0.310 e. The standard InChI is InChI=1S/C6H7NO3/c1-2-7-4-5(8)3-6(9)10/h1,7H,3-4H2,(H,9,10). The van der Waals surface area contributed by atoms with Crippen LogP contribution in [0.15, 0.2) is 0 Å². The van der Waals surface area contributed by atoms with Crippen LogP contribution in [0, 0.1) is 12.5 Å². The average Bonchev–Trinajstić information content (AvgIpc) is 1.82. The normalized spacial score (nSPS) is 7.90. The highest BCUT2D eigenvalue weighted by Crippen LogP contribution is 1.79. The zero-order chi connectivity index (χ0) is 7.98. The second-order valence-corrected chi connectivity index (χ2v) is 1.61. The number of carboxylic acid groups (broad SMARTS) is 1. The van der Waals surface area contributed by atoms with Crippen LogP contribution in [0.4, 0.5) is 0 Å². The van der Waals surface area contributed by atoms with Gasteiger partial charge in [-0.1, -0.05) is 6.42 Å². The monoisotopic (exact) mass is 141 g/mol. The van der Waals surface area contributed by atoms with Crippen LogP contribution >= 0.6 is 0 Å². The summed E-state index contributed by atoms with van der Waals surface area (Å²) >= 11 is 0. The summed E-state index contributed by atoms with van der Waals surface area (Å²) in [6.07, 6.45) is 4.27. The van der Waals surface area contributed by atoms with Crippen molar-refractivity contribution in [3.8, 4) is 12.5 Å². The lowest BCUT2D eigenvalue weighted by atomic mass is 10.3. The van der Waals surface area contributed by atoms with Gasteiger partial charge in [-0.05, 0) is 0 Å². The van der Waals surface area contributed by atoms with Crippen molar-refractivity contribution in [2.45, 2.75) is 6.42 Å². The van der Waals surface area contributed by atoms with E-state index in [0.717, 1.165) is 0 Å². The largest absolute Gasteiger partial charge is 0.481 e. The maximum Gasteiger partial charge on any atom is 0.310 e. The Morgan fingerprint density at radius 1 is 1.60 bits per heavy atom. The summed E-state index contributed by atoms with van der Waals surface area (Å²) in [5.74, 6) is -1.56. The molecular formula is C6H7NO3. The molecule has 4 nitrogen and oxygen atoms in total. The number of Topliss-reactive ketones (excluding diaryl/α,β-unsaturated/α-hetero) is 1. The number of hydrogen-bond donors (Lipinski definition) is 2. The van der Waals surface area contributed by atoms with Crippen LogP contribution in [-0.2, 0) is 9.59 Å². The maximum atomic E-state index is 10.5. The quantitative estimate of drug-likeness (QED) is 0.306. The Labute approximate surface area is 58.2 Å². The molecule has 0 aromatic carbocycles. The Balaban J connectivity index is 3.47. The molecule has 0 aromatic heterocycles. The van der Waals surface area contributed by atoms with Crippen molar-refractivity contribution >= 4 is 11.8 Å². The van der Waals surface area contributed by atoms with Gasteiger partial charge in [0.15, 0.2) is 5.78 Å². The Morgan fingerprint density at radius 3 is 2.60 bits per heavy atom. The SMILES string of the molecule is C#CNCC(=O)CC(=O)O. The van der Waals surface area contributed by atoms with Crippen molar-refractivity contribution in [1.29, 1.82) is 0 Å². The van der Waals surface area contributed by atoms with E-state index in [4.69, 9.17) is 11.5 Å². The van der Waals surface area contributed by atoms with Crippen molar-refractivity contribution < 1.29 is 14.7 Å². The van der Waals surface area contributed by atoms with Crippen LogP contribution < -0.4 is 5.32 Å². The molecular weight excluding hydrogens is 134 g/mol. The van der Waals surface area contributed by atoms with E-state index in [0.29, 0.717) is 0 Å². The third-order valence-corrected chi connectivity index (χ3v) is 0.736. The zero-order valence-electron chi connectivity index (χ0n) is 5.26. The Morgan fingerprint density at radius 2 is 2.20 bits per heavy atom. The third-order valence-electron chi connectivity index (χ3n) is 0.736. The van der Waals surface area contributed by atoms with E-state index >= 15 is 0 Å². The van der Waals surface area contributed by atoms with Gasteiger partial charge in [0.25, 0.3) is 0 Å². The molecule has 0 rings (SSSR count). The van der Waals surface area contributed by atoms with E-state index in [9.17, 15) is 9.59 Å². The summed E-state index contributed by atoms with van der Waals surface area (Å²) in [4.78, 5) is 20.3. The summed E-state index contributed by atoms with van der Waals surface area (Å²) in [7, 11) is 0. The number of aliphatic carboxylic acids is 1. The molecule has 0 aliphatic carbocycles. The van der Waals surface area contributed by atoms with Gasteiger partial charge in [-0.25, -0.2) is 0 Å². The molecule has 0 saturated carbocycles. The Kier molecular flexibility index (Phi) is 3.73. The average molecular weight is 141 g/mol. The first kappa shape index (κ1) is 8.50. The molecule has 10 heavy (non-hydrogen) atoms. The van der Waals surface area contributed by atoms with Crippen LogP contribution in [0.2, 0.25) is 0 Å². The van der Waals surface area contributed by atoms with Crippen LogP contribution in [-0.4, -0.2) is 23.4 Å². The fourth-order valence-electron chi connectivity index (χ4n) is 0.381. The minimum absolute atomic E-state index is 0.0806. The van der Waals surface area contributed by atoms with Crippen molar-refractivity contribution in [2.75, 3.05) is 6.54 Å². The third kappa shape index (κ3) is 4.65. The molecule has 0 bridgehead atoms. The summed E-state index contributed by atoms with van der Waals surface area (Å²) < 4.78 is 0. The number of rotatable bonds is 4. The maximum absolute atomic E-state index is 10.5. The highest BCUT2D eigenvalue weighted by atomic mass is 16.4. The van der Waals surface area contributed by atoms with Gasteiger partial charge in [0.2, 0.25) is 0 Å². The topological polar surface area (TPSA) is 66.4 Å². The van der Waals surface area contributed by atoms with Gasteiger partial charge in [-0.2, -0.15) is 0 Å². The van der Waals surface area contributed by atoms with E-state index < -0.39 is 18.2 Å². The molecule has 2 N–H and O–H groups in total. The van der Waals surface area contributed by atoms with Gasteiger partial charge in [0, 0.05) is 6.04 Å². The highest BCUT2D eigenvalue weighted by Gasteiger charge is 2.05. The van der Waals surface area contributed by atoms with E-state index in [1.54, 1.807) is 0 Å². The summed E-state index contributed by atoms with van der Waals surface area (Å²) in [6.45, 7) is -0.0806. The molecule has 0 aliphatic heterocycles. The van der Waals surface area contributed by atoms with Gasteiger partial charge < -0.3 is 10.4 Å². The predicted octanol–water partition coefficient (Wildman–Crippen LogP) is -0.790. The molecule has 54 valence electrons. The molecule has 0 amide bonds. The highest BCUT2D eigenvalue weighted by molar-refractivity contribution is 5.95. The second kappa shape index (κ2) is 4.39. The van der Waals surface area contributed by atoms with Crippen molar-refractivity contribution in [3.63, 3.8) is 0 Å². The molecule has 0 aromatic rings. The van der Waals surface area contributed by atoms with Gasteiger partial charge in [-0.15, -0.1) is 0 Å². The predicted molar refractivity (Wildman–Crippen MR) is 34.1 cm³/mol. The first-order valence-corrected chi connectivity index (χ1v) is 2.58. The van der Waals surface area contributed by atoms with Gasteiger partial charge >= 0.3 is 5.97 Å². The molecule has 4 heteroatoms. The minimum atomic E-state index is -1.14. The lowest BCUT2D eigenvalue weighted by molar-refractivity contribution is -0.139. The molecule has 0 aliphatic rings. The van der Waals surface area contributed by atoms with Crippen LogP contribution in [0.5, 0.6) is 0 Å². The molecule has 0 heterocycles. The van der Waals surface area contributed by atoms with Crippen molar-refractivity contribution in [1.82, 2.24) is 5.32 Å². The Hall–Kier alpha value is -1.50. The summed E-state index contributed by atoms with van der Waals surface area (Å²) in [5, 5.41) is 10.4. The van der Waals surface area contributed by atoms with E-state index in [2.05, 4.69) is 5.32 Å². The fraction of sp³-hybridized carbons (Fsp3) is 0.333. The number of ketones is 1. The van der Waals surface area contributed by atoms with Crippen LogP contribution in [0.1, 0.15) is 6.42 Å². The van der Waals surface area contributed by atoms with Crippen LogP contribution in [0.25, 0.3) is 0 Å². The van der Waals surface area contributed by atoms with E-state index in [-0.39, 0.29) is 6.54 Å². The van der Waals surface area contributed by atoms with Crippen molar-refractivity contribution in [2.24, 2.45) is 0 Å². The number of carbonyl (C=O) groups excluding carboxylic acids is 1. The first-order chi connectivity index (χ1) is 4.66. The van der Waals surface area contributed by atoms with Gasteiger partial charge in [-0.3, -0.25) is 9.59 Å². The molecule has 0 spiro atoms. The lowest BCUT2D eigenvalue weighted by Gasteiger charge is -1.93. The number of carbonyl (C=O) groups is 2. The zero-order valence-corrected chi connectivity index (χ0v) is 5.26. The lowest BCUT2D eigenvalue weighted by Crippen LogP contribution is -2.20. The first-order valence-electron chi connectivity index (χ1n) is 2.58. The van der Waals surface area contributed by atoms with Crippen LogP contribution in [0.3, 0.4) is 0 Å². The molecule has 0 unspecified atom stereocenters. The number of hydrogen-bond acceptors (Lipinski definition) is 3. The summed E-state index contributed by atoms with van der Waals surface area (Å²) in [5.41, 5.74) is 0. The molecule has 0 saturated heterocycles. The summed E-state index contributed by atoms with van der Waals surface area (Å²) in [6, 6.07) is 2.01. The second-order valence-electron chi connectivity index (χ2n) is 1.61. The number of terminal acetylenes is 1. The Bertz CT molecular complexity index is 180. The minimum Gasteiger partial charge on any atom is -0.481 e. The van der Waals surface area contributed by atoms with Gasteiger partial charge in [0.05, 0.1) is 6.54 Å².